The van der Waals surface area contributed by atoms with Gasteiger partial charge in [0.05, 0.1) is 22.4 Å². The molecule has 1 heterocycles. The van der Waals surface area contributed by atoms with Gasteiger partial charge in [-0.15, -0.1) is 6.58 Å². The number of benzene rings is 2. The number of anilines is 1. The van der Waals surface area contributed by atoms with Crippen molar-refractivity contribution in [3.05, 3.63) is 71.0 Å². The highest BCUT2D eigenvalue weighted by atomic mass is 32.1. The molecule has 1 amide bonds. The topological polar surface area (TPSA) is 63.9 Å². The zero-order valence-electron chi connectivity index (χ0n) is 18.1. The highest BCUT2D eigenvalue weighted by Crippen LogP contribution is 2.21. The molecule has 0 aliphatic carbocycles. The van der Waals surface area contributed by atoms with Gasteiger partial charge in [0.15, 0.2) is 4.80 Å². The summed E-state index contributed by atoms with van der Waals surface area (Å²) in [5.74, 6) is -0.669. The molecule has 0 spiro atoms. The number of ether oxygens (including phenoxy) is 1. The van der Waals surface area contributed by atoms with E-state index in [1.54, 1.807) is 25.1 Å². The van der Waals surface area contributed by atoms with E-state index in [4.69, 9.17) is 4.74 Å². The van der Waals surface area contributed by atoms with E-state index in [0.717, 1.165) is 29.0 Å². The molecular weight excluding hydrogens is 410 g/mol. The third-order valence-electron chi connectivity index (χ3n) is 4.95. The maximum absolute atomic E-state index is 12.8. The highest BCUT2D eigenvalue weighted by molar-refractivity contribution is 7.16. The van der Waals surface area contributed by atoms with Gasteiger partial charge in [-0.2, -0.15) is 4.99 Å². The first-order valence-corrected chi connectivity index (χ1v) is 11.2. The van der Waals surface area contributed by atoms with Crippen molar-refractivity contribution in [1.29, 1.82) is 0 Å². The van der Waals surface area contributed by atoms with E-state index in [1.165, 1.54) is 11.3 Å². The van der Waals surface area contributed by atoms with Crippen LogP contribution in [0.2, 0.25) is 0 Å². The fourth-order valence-corrected chi connectivity index (χ4v) is 4.44. The van der Waals surface area contributed by atoms with E-state index in [2.05, 4.69) is 30.3 Å². The number of fused-ring (bicyclic) bond motifs is 1. The van der Waals surface area contributed by atoms with Gasteiger partial charge in [-0.05, 0) is 63.2 Å². The number of hydrogen-bond acceptors (Lipinski definition) is 5. The molecule has 0 N–H and O–H groups in total. The largest absolute Gasteiger partial charge is 0.462 e. The van der Waals surface area contributed by atoms with Crippen LogP contribution in [0.3, 0.4) is 0 Å². The summed E-state index contributed by atoms with van der Waals surface area (Å²) in [5, 5.41) is 0. The third kappa shape index (κ3) is 4.94. The van der Waals surface area contributed by atoms with Gasteiger partial charge in [0, 0.05) is 30.9 Å². The number of esters is 1. The van der Waals surface area contributed by atoms with E-state index in [-0.39, 0.29) is 11.9 Å². The van der Waals surface area contributed by atoms with Crippen LogP contribution < -0.4 is 9.70 Å². The smallest absolute Gasteiger partial charge is 0.338 e. The third-order valence-corrected chi connectivity index (χ3v) is 5.99. The number of rotatable bonds is 8. The summed E-state index contributed by atoms with van der Waals surface area (Å²) in [6.45, 7) is 12.4. The van der Waals surface area contributed by atoms with Gasteiger partial charge < -0.3 is 14.2 Å². The van der Waals surface area contributed by atoms with Crippen LogP contribution in [-0.2, 0) is 11.3 Å². The van der Waals surface area contributed by atoms with Crippen LogP contribution in [-0.4, -0.2) is 36.1 Å². The van der Waals surface area contributed by atoms with Crippen molar-refractivity contribution in [3.63, 3.8) is 0 Å². The number of carbonyl (C=O) groups is 2. The fraction of sp³-hybridized carbons (Fsp3) is 0.292. The Kier molecular flexibility index (Phi) is 7.41. The predicted molar refractivity (Wildman–Crippen MR) is 126 cm³/mol. The monoisotopic (exact) mass is 437 g/mol. The summed E-state index contributed by atoms with van der Waals surface area (Å²) in [7, 11) is 0. The van der Waals surface area contributed by atoms with E-state index < -0.39 is 0 Å². The SMILES string of the molecule is C=CCn1c(=NC(=O)c2ccc(N(CC)CC)cc2)sc2cc(C(=O)OCC)ccc21. The molecule has 7 heteroatoms. The van der Waals surface area contributed by atoms with Crippen LogP contribution in [0.25, 0.3) is 10.2 Å². The van der Waals surface area contributed by atoms with Crippen molar-refractivity contribution in [2.45, 2.75) is 27.3 Å². The molecule has 0 aliphatic rings. The first kappa shape index (κ1) is 22.5. The summed E-state index contributed by atoms with van der Waals surface area (Å²) in [5.41, 5.74) is 2.98. The summed E-state index contributed by atoms with van der Waals surface area (Å²) in [6.07, 6.45) is 1.76. The number of allylic oxidation sites excluding steroid dienone is 1. The first-order chi connectivity index (χ1) is 15.0. The van der Waals surface area contributed by atoms with Crippen LogP contribution in [0.5, 0.6) is 0 Å². The van der Waals surface area contributed by atoms with Gasteiger partial charge in [-0.25, -0.2) is 4.79 Å². The minimum absolute atomic E-state index is 0.305. The van der Waals surface area contributed by atoms with Crippen LogP contribution in [0, 0.1) is 0 Å². The van der Waals surface area contributed by atoms with Crippen molar-refractivity contribution in [3.8, 4) is 0 Å². The summed E-state index contributed by atoms with van der Waals surface area (Å²) in [4.78, 5) is 32.1. The Morgan fingerprint density at radius 2 is 1.77 bits per heavy atom. The molecule has 0 atom stereocenters. The van der Waals surface area contributed by atoms with Gasteiger partial charge in [-0.3, -0.25) is 4.79 Å². The molecule has 3 rings (SSSR count). The number of amides is 1. The average molecular weight is 438 g/mol. The summed E-state index contributed by atoms with van der Waals surface area (Å²) >= 11 is 1.36. The molecule has 0 radical (unpaired) electrons. The molecular formula is C24H27N3O3S. The van der Waals surface area contributed by atoms with Gasteiger partial charge in [-0.1, -0.05) is 17.4 Å². The van der Waals surface area contributed by atoms with Crippen molar-refractivity contribution in [2.24, 2.45) is 4.99 Å². The molecule has 1 aromatic heterocycles. The molecule has 0 bridgehead atoms. The molecule has 2 aromatic carbocycles. The highest BCUT2D eigenvalue weighted by Gasteiger charge is 2.13. The fourth-order valence-electron chi connectivity index (χ4n) is 3.36. The van der Waals surface area contributed by atoms with E-state index in [0.29, 0.717) is 29.1 Å². The van der Waals surface area contributed by atoms with E-state index in [9.17, 15) is 9.59 Å². The van der Waals surface area contributed by atoms with Crippen LogP contribution in [0.1, 0.15) is 41.5 Å². The minimum atomic E-state index is -0.365. The van der Waals surface area contributed by atoms with Crippen molar-refractivity contribution < 1.29 is 14.3 Å². The molecule has 0 aliphatic heterocycles. The molecule has 3 aromatic rings. The maximum Gasteiger partial charge on any atom is 0.338 e. The Labute approximate surface area is 186 Å². The molecule has 0 saturated heterocycles. The van der Waals surface area contributed by atoms with Crippen LogP contribution >= 0.6 is 11.3 Å². The number of thiazole rings is 1. The minimum Gasteiger partial charge on any atom is -0.462 e. The molecule has 0 fully saturated rings. The molecule has 6 nitrogen and oxygen atoms in total. The second kappa shape index (κ2) is 10.2. The lowest BCUT2D eigenvalue weighted by atomic mass is 10.2. The molecule has 31 heavy (non-hydrogen) atoms. The van der Waals surface area contributed by atoms with Crippen molar-refractivity contribution >= 4 is 39.1 Å². The normalized spacial score (nSPS) is 11.5. The second-order valence-corrected chi connectivity index (χ2v) is 7.83. The average Bonchev–Trinajstić information content (AvgIpc) is 3.11. The van der Waals surface area contributed by atoms with E-state index >= 15 is 0 Å². The lowest BCUT2D eigenvalue weighted by Gasteiger charge is -2.20. The summed E-state index contributed by atoms with van der Waals surface area (Å²) < 4.78 is 7.87. The lowest BCUT2D eigenvalue weighted by Crippen LogP contribution is -2.21. The van der Waals surface area contributed by atoms with Gasteiger partial charge in [0.2, 0.25) is 0 Å². The Morgan fingerprint density at radius 1 is 1.10 bits per heavy atom. The molecule has 0 saturated carbocycles. The molecule has 0 unspecified atom stereocenters. The number of carbonyl (C=O) groups excluding carboxylic acids is 2. The Balaban J connectivity index is 1.99. The zero-order valence-corrected chi connectivity index (χ0v) is 18.9. The Morgan fingerprint density at radius 3 is 2.39 bits per heavy atom. The van der Waals surface area contributed by atoms with Crippen molar-refractivity contribution in [2.75, 3.05) is 24.6 Å². The number of aromatic nitrogens is 1. The quantitative estimate of drug-likeness (QED) is 0.380. The predicted octanol–water partition coefficient (Wildman–Crippen LogP) is 4.65. The van der Waals surface area contributed by atoms with Crippen LogP contribution in [0.4, 0.5) is 5.69 Å². The Hall–Kier alpha value is -3.19. The lowest BCUT2D eigenvalue weighted by molar-refractivity contribution is 0.0526. The number of nitrogens with zero attached hydrogens (tertiary/aromatic N) is 3. The maximum atomic E-state index is 12.8. The first-order valence-electron chi connectivity index (χ1n) is 10.4. The zero-order chi connectivity index (χ0) is 22.4. The standard InChI is InChI=1S/C24H27N3O3S/c1-5-15-27-20-14-11-18(23(29)30-8-4)16-21(20)31-24(27)25-22(28)17-9-12-19(13-10-17)26(6-2)7-3/h5,9-14,16H,1,6-8,15H2,2-4H3. The Bertz CT molecular complexity index is 1160. The van der Waals surface area contributed by atoms with E-state index in [1.807, 2.05) is 34.9 Å². The second-order valence-electron chi connectivity index (χ2n) is 6.82. The van der Waals surface area contributed by atoms with Crippen LogP contribution in [0.15, 0.2) is 60.1 Å². The molecule has 162 valence electrons. The number of hydrogen-bond donors (Lipinski definition) is 0. The van der Waals surface area contributed by atoms with Gasteiger partial charge in [0.25, 0.3) is 5.91 Å². The summed E-state index contributed by atoms with van der Waals surface area (Å²) in [6, 6.07) is 12.9. The van der Waals surface area contributed by atoms with Gasteiger partial charge in [0.1, 0.15) is 0 Å². The van der Waals surface area contributed by atoms with Gasteiger partial charge >= 0.3 is 5.97 Å². The van der Waals surface area contributed by atoms with Crippen molar-refractivity contribution in [1.82, 2.24) is 4.57 Å².